The molecule has 2 nitrogen and oxygen atoms in total. The number of nitrogens with two attached hydrogens (primary N) is 1. The molecule has 0 saturated heterocycles. The van der Waals surface area contributed by atoms with Gasteiger partial charge in [-0.1, -0.05) is 30.7 Å². The molecule has 0 aliphatic heterocycles. The van der Waals surface area contributed by atoms with E-state index in [2.05, 4.69) is 0 Å². The van der Waals surface area contributed by atoms with Crippen LogP contribution in [0.5, 0.6) is 0 Å². The van der Waals surface area contributed by atoms with E-state index in [0.29, 0.717) is 18.2 Å². The number of carbonyl (C=O) groups excluding carboxylic acids is 1. The molecule has 102 valence electrons. The van der Waals surface area contributed by atoms with Gasteiger partial charge >= 0.3 is 0 Å². The van der Waals surface area contributed by atoms with Crippen molar-refractivity contribution in [2.45, 2.75) is 38.5 Å². The van der Waals surface area contributed by atoms with Crippen molar-refractivity contribution >= 4 is 5.78 Å². The molecule has 0 radical (unpaired) electrons. The molecule has 2 bridgehead atoms. The van der Waals surface area contributed by atoms with E-state index in [4.69, 9.17) is 5.73 Å². The van der Waals surface area contributed by atoms with Gasteiger partial charge < -0.3 is 5.73 Å². The molecule has 1 aromatic carbocycles. The molecule has 0 spiro atoms. The molecule has 3 atom stereocenters. The number of hydrogen-bond donors (Lipinski definition) is 1. The average Bonchev–Trinajstić information content (AvgIpc) is 3.02. The van der Waals surface area contributed by atoms with Gasteiger partial charge in [-0.05, 0) is 55.5 Å². The second-order valence-corrected chi connectivity index (χ2v) is 6.26. The van der Waals surface area contributed by atoms with Crippen LogP contribution in [-0.2, 0) is 6.42 Å². The summed E-state index contributed by atoms with van der Waals surface area (Å²) in [5.41, 5.74) is 7.67. The van der Waals surface area contributed by atoms with Crippen LogP contribution in [0.2, 0.25) is 0 Å². The molecule has 0 aromatic heterocycles. The lowest BCUT2D eigenvalue weighted by Crippen LogP contribution is -2.17. The highest BCUT2D eigenvalue weighted by Crippen LogP contribution is 2.49. The molecule has 2 fully saturated rings. The molecule has 3 rings (SSSR count). The normalized spacial score (nSPS) is 28.8. The molecule has 2 heteroatoms. The van der Waals surface area contributed by atoms with E-state index in [1.54, 1.807) is 0 Å². The van der Waals surface area contributed by atoms with Crippen LogP contribution in [0.3, 0.4) is 0 Å². The smallest absolute Gasteiger partial charge is 0.163 e. The Morgan fingerprint density at radius 2 is 2.05 bits per heavy atom. The highest BCUT2D eigenvalue weighted by Gasteiger charge is 2.40. The molecular weight excluding hydrogens is 234 g/mol. The summed E-state index contributed by atoms with van der Waals surface area (Å²) in [7, 11) is 0. The third-order valence-corrected chi connectivity index (χ3v) is 5.06. The van der Waals surface area contributed by atoms with Gasteiger partial charge in [0.1, 0.15) is 0 Å². The largest absolute Gasteiger partial charge is 0.330 e. The number of hydrogen-bond acceptors (Lipinski definition) is 2. The van der Waals surface area contributed by atoms with Gasteiger partial charge in [-0.2, -0.15) is 0 Å². The van der Waals surface area contributed by atoms with Crippen molar-refractivity contribution in [1.82, 2.24) is 0 Å². The summed E-state index contributed by atoms with van der Waals surface area (Å²) in [6, 6.07) is 7.98. The summed E-state index contributed by atoms with van der Waals surface area (Å²) >= 11 is 0. The molecule has 2 saturated carbocycles. The van der Waals surface area contributed by atoms with Gasteiger partial charge in [-0.3, -0.25) is 4.79 Å². The maximum atomic E-state index is 12.5. The van der Waals surface area contributed by atoms with Crippen molar-refractivity contribution in [2.24, 2.45) is 23.5 Å². The first-order valence-corrected chi connectivity index (χ1v) is 7.59. The van der Waals surface area contributed by atoms with Crippen LogP contribution in [0.1, 0.15) is 48.0 Å². The van der Waals surface area contributed by atoms with Crippen LogP contribution in [0, 0.1) is 17.8 Å². The molecule has 2 aliphatic rings. The maximum Gasteiger partial charge on any atom is 0.163 e. The predicted molar refractivity (Wildman–Crippen MR) is 77.1 cm³/mol. The van der Waals surface area contributed by atoms with Crippen LogP contribution >= 0.6 is 0 Å². The van der Waals surface area contributed by atoms with Gasteiger partial charge in [0.05, 0.1) is 0 Å². The minimum Gasteiger partial charge on any atom is -0.330 e. The first-order valence-electron chi connectivity index (χ1n) is 7.59. The fourth-order valence-electron chi connectivity index (χ4n) is 4.14. The summed E-state index contributed by atoms with van der Waals surface area (Å²) in [6.45, 7) is 0.610. The Morgan fingerprint density at radius 1 is 1.21 bits per heavy atom. The highest BCUT2D eigenvalue weighted by atomic mass is 16.1. The van der Waals surface area contributed by atoms with E-state index in [1.807, 2.05) is 24.3 Å². The zero-order chi connectivity index (χ0) is 13.2. The summed E-state index contributed by atoms with van der Waals surface area (Å²) in [4.78, 5) is 12.5. The standard InChI is InChI=1S/C17H23NO/c18-8-7-13-3-1-2-4-16(13)17(19)11-15-10-12-5-6-14(15)9-12/h1-4,12,14-15H,5-11,18H2. The minimum atomic E-state index is 0.335. The van der Waals surface area contributed by atoms with Crippen molar-refractivity contribution in [1.29, 1.82) is 0 Å². The molecule has 0 heterocycles. The maximum absolute atomic E-state index is 12.5. The summed E-state index contributed by atoms with van der Waals surface area (Å²) in [6.07, 6.45) is 6.98. The molecule has 2 aliphatic carbocycles. The lowest BCUT2D eigenvalue weighted by Gasteiger charge is -2.21. The van der Waals surface area contributed by atoms with Crippen LogP contribution in [0.4, 0.5) is 0 Å². The summed E-state index contributed by atoms with van der Waals surface area (Å²) < 4.78 is 0. The first-order chi connectivity index (χ1) is 9.28. The minimum absolute atomic E-state index is 0.335. The van der Waals surface area contributed by atoms with Gasteiger partial charge in [0.15, 0.2) is 5.78 Å². The van der Waals surface area contributed by atoms with E-state index in [0.717, 1.165) is 35.8 Å². The Bertz CT molecular complexity index is 468. The Hall–Kier alpha value is -1.15. The van der Waals surface area contributed by atoms with Crippen molar-refractivity contribution in [2.75, 3.05) is 6.54 Å². The first kappa shape index (κ1) is 12.9. The second kappa shape index (κ2) is 5.46. The van der Waals surface area contributed by atoms with Crippen LogP contribution in [0.15, 0.2) is 24.3 Å². The quantitative estimate of drug-likeness (QED) is 0.823. The van der Waals surface area contributed by atoms with Crippen LogP contribution in [-0.4, -0.2) is 12.3 Å². The average molecular weight is 257 g/mol. The van der Waals surface area contributed by atoms with Crippen molar-refractivity contribution in [3.05, 3.63) is 35.4 Å². The topological polar surface area (TPSA) is 43.1 Å². The van der Waals surface area contributed by atoms with E-state index in [-0.39, 0.29) is 0 Å². The zero-order valence-corrected chi connectivity index (χ0v) is 11.5. The number of ketones is 1. The number of benzene rings is 1. The summed E-state index contributed by atoms with van der Waals surface area (Å²) in [5, 5.41) is 0. The third-order valence-electron chi connectivity index (χ3n) is 5.06. The van der Waals surface area contributed by atoms with Gasteiger partial charge in [-0.15, -0.1) is 0 Å². The number of fused-ring (bicyclic) bond motifs is 2. The van der Waals surface area contributed by atoms with E-state index in [1.165, 1.54) is 25.7 Å². The van der Waals surface area contributed by atoms with Crippen LogP contribution < -0.4 is 5.73 Å². The molecule has 0 amide bonds. The van der Waals surface area contributed by atoms with E-state index < -0.39 is 0 Å². The molecular formula is C17H23NO. The van der Waals surface area contributed by atoms with Crippen LogP contribution in [0.25, 0.3) is 0 Å². The van der Waals surface area contributed by atoms with Crippen molar-refractivity contribution in [3.63, 3.8) is 0 Å². The van der Waals surface area contributed by atoms with Crippen molar-refractivity contribution in [3.8, 4) is 0 Å². The Kier molecular flexibility index (Phi) is 3.69. The zero-order valence-electron chi connectivity index (χ0n) is 11.5. The molecule has 1 aromatic rings. The fourth-order valence-corrected chi connectivity index (χ4v) is 4.14. The lowest BCUT2D eigenvalue weighted by atomic mass is 9.83. The summed E-state index contributed by atoms with van der Waals surface area (Å²) in [5.74, 6) is 2.73. The monoisotopic (exact) mass is 257 g/mol. The van der Waals surface area contributed by atoms with E-state index >= 15 is 0 Å². The van der Waals surface area contributed by atoms with Gasteiger partial charge in [-0.25, -0.2) is 0 Å². The Morgan fingerprint density at radius 3 is 2.74 bits per heavy atom. The number of Topliss-reactive ketones (excluding diaryl/α,β-unsaturated/α-hetero) is 1. The van der Waals surface area contributed by atoms with Gasteiger partial charge in [0, 0.05) is 12.0 Å². The SMILES string of the molecule is NCCc1ccccc1C(=O)CC1CC2CCC1C2. The lowest BCUT2D eigenvalue weighted by molar-refractivity contribution is 0.0943. The number of rotatable bonds is 5. The molecule has 19 heavy (non-hydrogen) atoms. The van der Waals surface area contributed by atoms with Gasteiger partial charge in [0.25, 0.3) is 0 Å². The Labute approximate surface area is 115 Å². The Balaban J connectivity index is 1.70. The molecule has 3 unspecified atom stereocenters. The second-order valence-electron chi connectivity index (χ2n) is 6.26. The highest BCUT2D eigenvalue weighted by molar-refractivity contribution is 5.97. The molecule has 2 N–H and O–H groups in total. The van der Waals surface area contributed by atoms with E-state index in [9.17, 15) is 4.79 Å². The number of carbonyl (C=O) groups is 1. The van der Waals surface area contributed by atoms with Crippen molar-refractivity contribution < 1.29 is 4.79 Å². The third kappa shape index (κ3) is 2.59. The fraction of sp³-hybridized carbons (Fsp3) is 0.588. The van der Waals surface area contributed by atoms with Gasteiger partial charge in [0.2, 0.25) is 0 Å². The predicted octanol–water partition coefficient (Wildman–Crippen LogP) is 3.20.